The van der Waals surface area contributed by atoms with Gasteiger partial charge in [-0.05, 0) is 40.7 Å². The number of ether oxygens (including phenoxy) is 1. The van der Waals surface area contributed by atoms with Gasteiger partial charge in [-0.15, -0.1) is 0 Å². The number of amides is 1. The Hall–Kier alpha value is -2.63. The quantitative estimate of drug-likeness (QED) is 0.560. The highest BCUT2D eigenvalue weighted by molar-refractivity contribution is 7.93. The van der Waals surface area contributed by atoms with Crippen molar-refractivity contribution in [1.82, 2.24) is 5.32 Å². The van der Waals surface area contributed by atoms with E-state index in [0.717, 1.165) is 18.2 Å². The molecule has 1 aromatic rings. The van der Waals surface area contributed by atoms with Crippen molar-refractivity contribution in [2.45, 2.75) is 50.5 Å². The van der Waals surface area contributed by atoms with Crippen molar-refractivity contribution in [3.8, 4) is 0 Å². The molecule has 1 aromatic carbocycles. The summed E-state index contributed by atoms with van der Waals surface area (Å²) >= 11 is 0. The van der Waals surface area contributed by atoms with E-state index >= 15 is 0 Å². The van der Waals surface area contributed by atoms with E-state index in [2.05, 4.69) is 10.3 Å². The molecule has 1 atom stereocenters. The lowest BCUT2D eigenvalue weighted by Crippen LogP contribution is -2.59. The van der Waals surface area contributed by atoms with Gasteiger partial charge in [-0.3, -0.25) is 20.4 Å². The number of sulfone groups is 1. The number of carbonyl (C=O) groups is 1. The fourth-order valence-electron chi connectivity index (χ4n) is 2.86. The van der Waals surface area contributed by atoms with Crippen LogP contribution in [0, 0.1) is 15.9 Å². The molecule has 0 unspecified atom stereocenters. The molecule has 1 N–H and O–H groups in total. The lowest BCUT2D eigenvalue weighted by atomic mass is 9.92. The van der Waals surface area contributed by atoms with E-state index in [9.17, 15) is 32.1 Å². The number of nitrogens with zero attached hydrogens (tertiary/aromatic N) is 2. The second-order valence-corrected chi connectivity index (χ2v) is 11.0. The van der Waals surface area contributed by atoms with Crippen molar-refractivity contribution in [1.29, 1.82) is 0 Å². The molecule has 1 aliphatic heterocycles. The standard InChI is InChI=1S/C18H23F2N3O6S/c1-16(2,3)29-15(24)21-14-17(4,5)30(27,28)10-18(9-19,22-14)12-8-11(23(25)26)6-7-13(12)20/h6-8H,9-10H2,1-5H3,(H,21,22,24)/t18-/m0/s1. The van der Waals surface area contributed by atoms with E-state index in [-0.39, 0.29) is 0 Å². The zero-order chi connectivity index (χ0) is 23.1. The molecule has 0 fully saturated rings. The molecule has 0 bridgehead atoms. The SMILES string of the molecule is CC(C)(C)OC(=O)NC1=N[C@](CF)(c2cc([N+](=O)[O-])ccc2F)CS(=O)(=O)C1(C)C. The van der Waals surface area contributed by atoms with Crippen LogP contribution in [0.1, 0.15) is 40.2 Å². The fourth-order valence-corrected chi connectivity index (χ4v) is 4.54. The van der Waals surface area contributed by atoms with Gasteiger partial charge < -0.3 is 4.74 Å². The number of hydrogen-bond donors (Lipinski definition) is 1. The van der Waals surface area contributed by atoms with Gasteiger partial charge in [0.05, 0.1) is 10.7 Å². The van der Waals surface area contributed by atoms with E-state index in [1.54, 1.807) is 20.8 Å². The lowest BCUT2D eigenvalue weighted by Gasteiger charge is -2.39. The van der Waals surface area contributed by atoms with Crippen LogP contribution >= 0.6 is 0 Å². The van der Waals surface area contributed by atoms with Crippen molar-refractivity contribution < 1.29 is 31.7 Å². The number of benzene rings is 1. The van der Waals surface area contributed by atoms with Gasteiger partial charge in [0.1, 0.15) is 34.2 Å². The number of nitrogens with one attached hydrogen (secondary N) is 1. The fraction of sp³-hybridized carbons (Fsp3) is 0.556. The van der Waals surface area contributed by atoms with E-state index < -0.39 is 72.1 Å². The molecule has 0 saturated carbocycles. The average Bonchev–Trinajstić information content (AvgIpc) is 2.57. The maximum Gasteiger partial charge on any atom is 0.413 e. The molecule has 1 heterocycles. The molecular weight excluding hydrogens is 424 g/mol. The number of halogens is 2. The summed E-state index contributed by atoms with van der Waals surface area (Å²) in [5.74, 6) is -2.46. The van der Waals surface area contributed by atoms with Gasteiger partial charge in [-0.25, -0.2) is 22.0 Å². The molecule has 0 aromatic heterocycles. The number of alkyl halides is 1. The van der Waals surface area contributed by atoms with Crippen molar-refractivity contribution >= 4 is 27.5 Å². The van der Waals surface area contributed by atoms with E-state index in [1.807, 2.05) is 0 Å². The zero-order valence-electron chi connectivity index (χ0n) is 17.2. The van der Waals surface area contributed by atoms with E-state index in [4.69, 9.17) is 4.74 Å². The number of nitro groups is 1. The van der Waals surface area contributed by atoms with Crippen molar-refractivity contribution in [2.75, 3.05) is 12.4 Å². The minimum absolute atomic E-state index is 0.452. The van der Waals surface area contributed by atoms with Crippen LogP contribution in [0.2, 0.25) is 0 Å². The summed E-state index contributed by atoms with van der Waals surface area (Å²) < 4.78 is 58.1. The Balaban J connectivity index is 2.69. The Bertz CT molecular complexity index is 1020. The molecule has 0 saturated heterocycles. The van der Waals surface area contributed by atoms with Crippen LogP contribution in [0.25, 0.3) is 0 Å². The van der Waals surface area contributed by atoms with Crippen LogP contribution in [0.4, 0.5) is 19.3 Å². The number of alkyl carbamates (subject to hydrolysis) is 1. The first kappa shape index (κ1) is 23.6. The number of non-ortho nitro benzene ring substituents is 1. The van der Waals surface area contributed by atoms with Crippen LogP contribution in [-0.2, 0) is 20.1 Å². The number of aliphatic imine (C=N–C) groups is 1. The van der Waals surface area contributed by atoms with Crippen LogP contribution in [0.5, 0.6) is 0 Å². The summed E-state index contributed by atoms with van der Waals surface area (Å²) in [4.78, 5) is 26.5. The van der Waals surface area contributed by atoms with Gasteiger partial charge in [-0.2, -0.15) is 0 Å². The maximum absolute atomic E-state index is 14.5. The van der Waals surface area contributed by atoms with Gasteiger partial charge in [-0.1, -0.05) is 0 Å². The topological polar surface area (TPSA) is 128 Å². The molecule has 0 radical (unpaired) electrons. The van der Waals surface area contributed by atoms with E-state index in [0.29, 0.717) is 0 Å². The van der Waals surface area contributed by atoms with Crippen LogP contribution < -0.4 is 5.32 Å². The number of nitro benzene ring substituents is 1. The first-order valence-electron chi connectivity index (χ1n) is 8.88. The van der Waals surface area contributed by atoms with Gasteiger partial charge >= 0.3 is 6.09 Å². The average molecular weight is 447 g/mol. The molecule has 12 heteroatoms. The van der Waals surface area contributed by atoms with Crippen LogP contribution in [0.15, 0.2) is 23.2 Å². The molecule has 1 amide bonds. The molecule has 166 valence electrons. The summed E-state index contributed by atoms with van der Waals surface area (Å²) in [5.41, 5.74) is -4.37. The summed E-state index contributed by atoms with van der Waals surface area (Å²) in [6.45, 7) is 5.79. The summed E-state index contributed by atoms with van der Waals surface area (Å²) in [6.07, 6.45) is -1.03. The second kappa shape index (κ2) is 7.56. The summed E-state index contributed by atoms with van der Waals surface area (Å²) in [6, 6.07) is 2.36. The second-order valence-electron chi connectivity index (χ2n) is 8.44. The highest BCUT2D eigenvalue weighted by atomic mass is 32.2. The Kier molecular flexibility index (Phi) is 5.96. The minimum Gasteiger partial charge on any atom is -0.444 e. The first-order chi connectivity index (χ1) is 13.5. The number of amidine groups is 1. The minimum atomic E-state index is -4.19. The van der Waals surface area contributed by atoms with Gasteiger partial charge in [0.2, 0.25) is 0 Å². The Morgan fingerprint density at radius 3 is 2.47 bits per heavy atom. The first-order valence-corrected chi connectivity index (χ1v) is 10.5. The van der Waals surface area contributed by atoms with Gasteiger partial charge in [0.15, 0.2) is 9.84 Å². The monoisotopic (exact) mass is 447 g/mol. The van der Waals surface area contributed by atoms with E-state index in [1.165, 1.54) is 13.8 Å². The van der Waals surface area contributed by atoms with Crippen molar-refractivity contribution in [3.05, 3.63) is 39.7 Å². The lowest BCUT2D eigenvalue weighted by molar-refractivity contribution is -0.385. The van der Waals surface area contributed by atoms with Crippen LogP contribution in [0.3, 0.4) is 0 Å². The summed E-state index contributed by atoms with van der Waals surface area (Å²) in [7, 11) is -4.19. The molecule has 9 nitrogen and oxygen atoms in total. The largest absolute Gasteiger partial charge is 0.444 e. The molecule has 1 aliphatic rings. The number of hydrogen-bond acceptors (Lipinski definition) is 7. The Labute approximate surface area is 172 Å². The Morgan fingerprint density at radius 1 is 1.37 bits per heavy atom. The smallest absolute Gasteiger partial charge is 0.413 e. The third kappa shape index (κ3) is 4.42. The third-order valence-corrected chi connectivity index (χ3v) is 7.21. The molecule has 0 spiro atoms. The van der Waals surface area contributed by atoms with Gasteiger partial charge in [0, 0.05) is 17.7 Å². The zero-order valence-corrected chi connectivity index (χ0v) is 18.0. The highest BCUT2D eigenvalue weighted by Crippen LogP contribution is 2.40. The summed E-state index contributed by atoms with van der Waals surface area (Å²) in [5, 5.41) is 13.3. The molecular formula is C18H23F2N3O6S. The number of rotatable bonds is 3. The van der Waals surface area contributed by atoms with Crippen molar-refractivity contribution in [3.63, 3.8) is 0 Å². The van der Waals surface area contributed by atoms with Gasteiger partial charge in [0.25, 0.3) is 5.69 Å². The third-order valence-electron chi connectivity index (χ3n) is 4.60. The Morgan fingerprint density at radius 2 is 1.97 bits per heavy atom. The van der Waals surface area contributed by atoms with Crippen molar-refractivity contribution in [2.24, 2.45) is 4.99 Å². The normalized spacial score (nSPS) is 22.7. The molecule has 30 heavy (non-hydrogen) atoms. The predicted octanol–water partition coefficient (Wildman–Crippen LogP) is 3.03. The molecule has 2 rings (SSSR count). The number of carbonyl (C=O) groups excluding carboxylic acids is 1. The maximum atomic E-state index is 14.5. The highest BCUT2D eigenvalue weighted by Gasteiger charge is 2.53. The molecule has 0 aliphatic carbocycles. The predicted molar refractivity (Wildman–Crippen MR) is 105 cm³/mol. The van der Waals surface area contributed by atoms with Crippen LogP contribution in [-0.4, -0.2) is 48.0 Å².